The van der Waals surface area contributed by atoms with Crippen molar-refractivity contribution < 1.29 is 48.9 Å². The van der Waals surface area contributed by atoms with E-state index in [2.05, 4.69) is 15.2 Å². The number of aliphatic hydroxyl groups is 4. The van der Waals surface area contributed by atoms with Gasteiger partial charge in [-0.05, 0) is 98.2 Å². The maximum Gasteiger partial charge on any atom is 0.311 e. The largest absolute Gasteiger partial charge is 0.494 e. The average Bonchev–Trinajstić information content (AvgIpc) is 3.64. The van der Waals surface area contributed by atoms with Gasteiger partial charge in [-0.1, -0.05) is 26.0 Å². The highest BCUT2D eigenvalue weighted by molar-refractivity contribution is 5.73. The second-order valence-electron chi connectivity index (χ2n) is 17.8. The number of carbonyl (C=O) groups is 1. The highest BCUT2D eigenvalue weighted by Gasteiger charge is 2.50. The van der Waals surface area contributed by atoms with Gasteiger partial charge in [0.05, 0.1) is 42.1 Å². The van der Waals surface area contributed by atoms with Crippen LogP contribution in [0, 0.1) is 17.8 Å². The second kappa shape index (κ2) is 21.2. The summed E-state index contributed by atoms with van der Waals surface area (Å²) in [5.41, 5.74) is 4.04. The number of carbonyl (C=O) groups excluding carboxylic acids is 1. The first kappa shape index (κ1) is 48.7. The Morgan fingerprint density at radius 3 is 2.41 bits per heavy atom. The van der Waals surface area contributed by atoms with Gasteiger partial charge < -0.3 is 59.6 Å². The van der Waals surface area contributed by atoms with Crippen molar-refractivity contribution >= 4 is 11.7 Å². The number of nitrogens with zero attached hydrogens (tertiary/aromatic N) is 5. The average molecular weight is 835 g/mol. The van der Waals surface area contributed by atoms with E-state index in [0.29, 0.717) is 44.8 Å². The molecule has 0 spiro atoms. The summed E-state index contributed by atoms with van der Waals surface area (Å²) >= 11 is 0. The lowest BCUT2D eigenvalue weighted by Gasteiger charge is -2.47. The molecule has 0 saturated carbocycles. The van der Waals surface area contributed by atoms with E-state index in [1.807, 2.05) is 65.0 Å². The molecule has 336 valence electrons. The number of hydrogen-bond donors (Lipinski definition) is 5. The number of likely N-dealkylation sites (N-methyl/N-ethyl adjacent to an activating group) is 2. The van der Waals surface area contributed by atoms with E-state index in [0.717, 1.165) is 17.9 Å². The van der Waals surface area contributed by atoms with Gasteiger partial charge in [0.15, 0.2) is 6.29 Å². The molecule has 4 rings (SSSR count). The zero-order chi connectivity index (χ0) is 43.8. The number of ether oxygens (including phenoxy) is 5. The van der Waals surface area contributed by atoms with Gasteiger partial charge in [0.2, 0.25) is 0 Å². The van der Waals surface area contributed by atoms with E-state index in [-0.39, 0.29) is 30.9 Å². The summed E-state index contributed by atoms with van der Waals surface area (Å²) in [5.74, 6) is -1.40. The molecule has 0 radical (unpaired) electrons. The molecule has 16 nitrogen and oxygen atoms in total. The predicted molar refractivity (Wildman–Crippen MR) is 223 cm³/mol. The number of nitrogens with two attached hydrogens (primary N) is 1. The lowest BCUT2D eigenvalue weighted by Crippen LogP contribution is -2.59. The van der Waals surface area contributed by atoms with Crippen molar-refractivity contribution in [1.82, 2.24) is 24.8 Å². The van der Waals surface area contributed by atoms with Gasteiger partial charge in [-0.3, -0.25) is 9.48 Å². The highest BCUT2D eigenvalue weighted by Crippen LogP contribution is 2.37. The topological polar surface area (TPSA) is 207 Å². The third kappa shape index (κ3) is 12.6. The number of benzene rings is 1. The van der Waals surface area contributed by atoms with Gasteiger partial charge in [-0.15, -0.1) is 5.10 Å². The summed E-state index contributed by atoms with van der Waals surface area (Å²) in [4.78, 5) is 17.8. The summed E-state index contributed by atoms with van der Waals surface area (Å²) in [6, 6.07) is 6.46. The Morgan fingerprint density at radius 2 is 1.76 bits per heavy atom. The monoisotopic (exact) mass is 835 g/mol. The number of anilines is 1. The first-order valence-electron chi connectivity index (χ1n) is 21.3. The van der Waals surface area contributed by atoms with Crippen molar-refractivity contribution in [2.45, 2.75) is 160 Å². The van der Waals surface area contributed by atoms with Gasteiger partial charge >= 0.3 is 5.97 Å². The molecule has 0 bridgehead atoms. The van der Waals surface area contributed by atoms with Crippen molar-refractivity contribution in [2.24, 2.45) is 17.8 Å². The van der Waals surface area contributed by atoms with Crippen LogP contribution in [0.4, 0.5) is 5.69 Å². The standard InChI is InChI=1S/C43H74N6O10/c1-12-35-43(8,54)38(51)30(6)48(10)24-26(2)23-42(7,53)39(28(4)37(55-11)29(5)40(52)58-35)59-41-36(50)34(22-27(3)57-41)47(9)20-18-32-25-49(46-45-32)19-13-21-56-33-16-14-31(44)15-17-33/h14-17,25-30,34-39,41,50-51,53-54H,12-13,18-24,44H2,1-11H3/t26-,27-,28+,29-,30-,34+,35-,36-,37+,38-,39-,41+,42-,43-/m1/s1. The molecular weight excluding hydrogens is 761 g/mol. The Bertz CT molecular complexity index is 1580. The van der Waals surface area contributed by atoms with Crippen LogP contribution in [0.2, 0.25) is 0 Å². The number of methoxy groups -OCH3 is 1. The van der Waals surface area contributed by atoms with Crippen molar-refractivity contribution in [1.29, 1.82) is 0 Å². The van der Waals surface area contributed by atoms with Gasteiger partial charge in [0.1, 0.15) is 29.7 Å². The minimum atomic E-state index is -1.74. The number of aryl methyl sites for hydroxylation is 1. The van der Waals surface area contributed by atoms with Crippen LogP contribution in [0.5, 0.6) is 5.75 Å². The third-order valence-electron chi connectivity index (χ3n) is 12.6. The van der Waals surface area contributed by atoms with Crippen LogP contribution in [-0.4, -0.2) is 158 Å². The number of nitrogen functional groups attached to an aromatic ring is 1. The molecule has 0 amide bonds. The molecule has 2 aliphatic rings. The Kier molecular flexibility index (Phi) is 17.5. The number of rotatable bonds is 13. The molecule has 2 saturated heterocycles. The minimum Gasteiger partial charge on any atom is -0.494 e. The maximum absolute atomic E-state index is 13.8. The number of hydrogen-bond acceptors (Lipinski definition) is 15. The zero-order valence-electron chi connectivity index (χ0n) is 37.2. The third-order valence-corrected chi connectivity index (χ3v) is 12.6. The fraction of sp³-hybridized carbons (Fsp3) is 0.791. The number of cyclic esters (lactones) is 1. The Balaban J connectivity index is 1.48. The van der Waals surface area contributed by atoms with Crippen molar-refractivity contribution in [3.05, 3.63) is 36.2 Å². The number of aliphatic hydroxyl groups excluding tert-OH is 2. The summed E-state index contributed by atoms with van der Waals surface area (Å²) in [7, 11) is 5.31. The molecule has 2 aliphatic heterocycles. The number of esters is 1. The lowest BCUT2D eigenvalue weighted by atomic mass is 9.78. The van der Waals surface area contributed by atoms with Crippen LogP contribution < -0.4 is 10.5 Å². The Hall–Kier alpha value is -2.93. The SMILES string of the molecule is CC[C@H]1OC(=O)[C@H](C)[C@@H](OC)[C@H](C)[C@@H](O[C@@H]2O[C@H](C)C[C@H](N(C)CCc3cn(CCCOc4ccc(N)cc4)nn3)[C@H]2O)[C@](C)(O)C[C@@H](C)CN(C)[C@H](C)[C@@H](O)[C@]1(C)O. The van der Waals surface area contributed by atoms with Gasteiger partial charge in [0.25, 0.3) is 0 Å². The molecule has 2 aromatic rings. The second-order valence-corrected chi connectivity index (χ2v) is 17.8. The first-order valence-corrected chi connectivity index (χ1v) is 21.3. The summed E-state index contributed by atoms with van der Waals surface area (Å²) in [6.45, 7) is 16.5. The molecular formula is C43H74N6O10. The molecule has 16 heteroatoms. The van der Waals surface area contributed by atoms with Gasteiger partial charge in [0, 0.05) is 69.5 Å². The molecule has 59 heavy (non-hydrogen) atoms. The van der Waals surface area contributed by atoms with Crippen LogP contribution in [0.15, 0.2) is 30.5 Å². The lowest BCUT2D eigenvalue weighted by molar-refractivity contribution is -0.300. The molecule has 2 fully saturated rings. The zero-order valence-corrected chi connectivity index (χ0v) is 37.2. The summed E-state index contributed by atoms with van der Waals surface area (Å²) in [5, 5.41) is 55.9. The summed E-state index contributed by atoms with van der Waals surface area (Å²) in [6.07, 6.45) is -2.05. The smallest absolute Gasteiger partial charge is 0.311 e. The van der Waals surface area contributed by atoms with E-state index in [1.54, 1.807) is 37.6 Å². The van der Waals surface area contributed by atoms with Crippen LogP contribution in [0.1, 0.15) is 86.8 Å². The van der Waals surface area contributed by atoms with Crippen LogP contribution >= 0.6 is 0 Å². The molecule has 1 aromatic heterocycles. The minimum absolute atomic E-state index is 0.104. The highest BCUT2D eigenvalue weighted by atomic mass is 16.7. The van der Waals surface area contributed by atoms with Crippen LogP contribution in [0.3, 0.4) is 0 Å². The van der Waals surface area contributed by atoms with Gasteiger partial charge in [-0.25, -0.2) is 0 Å². The fourth-order valence-corrected chi connectivity index (χ4v) is 9.07. The molecule has 0 unspecified atom stereocenters. The van der Waals surface area contributed by atoms with Crippen molar-refractivity contribution in [3.63, 3.8) is 0 Å². The van der Waals surface area contributed by atoms with E-state index >= 15 is 0 Å². The van der Waals surface area contributed by atoms with E-state index < -0.39 is 71.9 Å². The van der Waals surface area contributed by atoms with Crippen molar-refractivity contribution in [2.75, 3.05) is 46.6 Å². The molecule has 3 heterocycles. The number of aromatic nitrogens is 3. The molecule has 1 aromatic carbocycles. The molecule has 6 N–H and O–H groups in total. The van der Waals surface area contributed by atoms with E-state index in [9.17, 15) is 25.2 Å². The van der Waals surface area contributed by atoms with Crippen LogP contribution in [0.25, 0.3) is 0 Å². The Labute approximate surface area is 351 Å². The van der Waals surface area contributed by atoms with Crippen LogP contribution in [-0.2, 0) is 36.7 Å². The Morgan fingerprint density at radius 1 is 1.08 bits per heavy atom. The normalized spacial score (nSPS) is 37.1. The molecule has 14 atom stereocenters. The quantitative estimate of drug-likeness (QED) is 0.112. The van der Waals surface area contributed by atoms with Gasteiger partial charge in [-0.2, -0.15) is 0 Å². The molecule has 0 aliphatic carbocycles. The first-order chi connectivity index (χ1) is 27.7. The predicted octanol–water partition coefficient (Wildman–Crippen LogP) is 2.89. The van der Waals surface area contributed by atoms with E-state index in [1.165, 1.54) is 14.0 Å². The van der Waals surface area contributed by atoms with E-state index in [4.69, 9.17) is 29.4 Å². The fourth-order valence-electron chi connectivity index (χ4n) is 9.07. The summed E-state index contributed by atoms with van der Waals surface area (Å²) < 4.78 is 32.5. The maximum atomic E-state index is 13.8. The van der Waals surface area contributed by atoms with Crippen molar-refractivity contribution in [3.8, 4) is 5.75 Å².